The van der Waals surface area contributed by atoms with Crippen molar-refractivity contribution in [2.24, 2.45) is 0 Å². The van der Waals surface area contributed by atoms with E-state index in [9.17, 15) is 18.0 Å². The molecular weight excluding hydrogens is 462 g/mol. The van der Waals surface area contributed by atoms with Gasteiger partial charge in [0.1, 0.15) is 11.5 Å². The standard InChI is InChI=1S/C23H22Cl2F3N3O/c1-3-4-5-12-29-22(32)20-14(2)31(17-9-6-15(24)7-10-17)21(30-20)18-11-8-16(25)13-19(18)23(26,27)28/h6-11,13H,3-5,12H2,1-2H3,(H,29,32). The highest BCUT2D eigenvalue weighted by atomic mass is 35.5. The van der Waals surface area contributed by atoms with Crippen molar-refractivity contribution in [2.45, 2.75) is 39.3 Å². The third kappa shape index (κ3) is 5.27. The SMILES string of the molecule is CCCCCNC(=O)c1nc(-c2ccc(Cl)cc2C(F)(F)F)n(-c2ccc(Cl)cc2)c1C. The molecule has 0 aliphatic heterocycles. The van der Waals surface area contributed by atoms with Crippen LogP contribution in [0.25, 0.3) is 17.1 Å². The number of hydrogen-bond acceptors (Lipinski definition) is 2. The molecule has 0 fully saturated rings. The largest absolute Gasteiger partial charge is 0.417 e. The van der Waals surface area contributed by atoms with Gasteiger partial charge >= 0.3 is 6.18 Å². The van der Waals surface area contributed by atoms with Crippen molar-refractivity contribution >= 4 is 29.1 Å². The highest BCUT2D eigenvalue weighted by molar-refractivity contribution is 6.31. The topological polar surface area (TPSA) is 46.9 Å². The summed E-state index contributed by atoms with van der Waals surface area (Å²) in [5, 5.41) is 3.23. The van der Waals surface area contributed by atoms with Gasteiger partial charge in [-0.3, -0.25) is 9.36 Å². The molecule has 4 nitrogen and oxygen atoms in total. The Bertz CT molecular complexity index is 1110. The van der Waals surface area contributed by atoms with Crippen LogP contribution in [0.15, 0.2) is 42.5 Å². The molecule has 1 aromatic heterocycles. The Labute approximate surface area is 194 Å². The summed E-state index contributed by atoms with van der Waals surface area (Å²) in [6.07, 6.45) is -1.89. The zero-order valence-corrected chi connectivity index (χ0v) is 19.1. The molecule has 0 aliphatic rings. The zero-order chi connectivity index (χ0) is 23.5. The Morgan fingerprint density at radius 1 is 1.06 bits per heavy atom. The molecule has 0 atom stereocenters. The predicted octanol–water partition coefficient (Wildman–Crippen LogP) is 7.09. The average molecular weight is 484 g/mol. The molecular formula is C23H22Cl2F3N3O. The molecule has 0 spiro atoms. The molecule has 0 aliphatic carbocycles. The second-order valence-corrected chi connectivity index (χ2v) is 8.20. The lowest BCUT2D eigenvalue weighted by atomic mass is 10.1. The minimum absolute atomic E-state index is 0.00692. The van der Waals surface area contributed by atoms with E-state index in [2.05, 4.69) is 17.2 Å². The van der Waals surface area contributed by atoms with Gasteiger partial charge < -0.3 is 5.32 Å². The maximum Gasteiger partial charge on any atom is 0.417 e. The second-order valence-electron chi connectivity index (χ2n) is 7.33. The summed E-state index contributed by atoms with van der Waals surface area (Å²) >= 11 is 11.8. The first-order valence-electron chi connectivity index (χ1n) is 10.1. The summed E-state index contributed by atoms with van der Waals surface area (Å²) in [6, 6.07) is 10.1. The molecule has 32 heavy (non-hydrogen) atoms. The smallest absolute Gasteiger partial charge is 0.351 e. The van der Waals surface area contributed by atoms with Crippen LogP contribution in [-0.2, 0) is 6.18 Å². The molecule has 170 valence electrons. The zero-order valence-electron chi connectivity index (χ0n) is 17.6. The van der Waals surface area contributed by atoms with Crippen LogP contribution in [0.2, 0.25) is 10.0 Å². The molecule has 2 aromatic carbocycles. The molecule has 9 heteroatoms. The fourth-order valence-corrected chi connectivity index (χ4v) is 3.71. The number of nitrogens with one attached hydrogen (secondary N) is 1. The number of imidazole rings is 1. The van der Waals surface area contributed by atoms with Crippen LogP contribution in [0.5, 0.6) is 0 Å². The van der Waals surface area contributed by atoms with Gasteiger partial charge in [0.05, 0.1) is 11.3 Å². The summed E-state index contributed by atoms with van der Waals surface area (Å²) in [5.74, 6) is -0.442. The molecule has 3 rings (SSSR count). The van der Waals surface area contributed by atoms with Crippen LogP contribution >= 0.6 is 23.2 Å². The molecule has 0 saturated carbocycles. The monoisotopic (exact) mass is 483 g/mol. The number of hydrogen-bond donors (Lipinski definition) is 1. The van der Waals surface area contributed by atoms with E-state index in [4.69, 9.17) is 23.2 Å². The number of carbonyl (C=O) groups excluding carboxylic acids is 1. The van der Waals surface area contributed by atoms with Crippen molar-refractivity contribution < 1.29 is 18.0 Å². The molecule has 0 bridgehead atoms. The van der Waals surface area contributed by atoms with Gasteiger partial charge in [-0.25, -0.2) is 4.98 Å². The van der Waals surface area contributed by atoms with Gasteiger partial charge in [-0.2, -0.15) is 13.2 Å². The number of nitrogens with zero attached hydrogens (tertiary/aromatic N) is 2. The number of aromatic nitrogens is 2. The first-order chi connectivity index (χ1) is 15.1. The summed E-state index contributed by atoms with van der Waals surface area (Å²) < 4.78 is 43.0. The van der Waals surface area contributed by atoms with E-state index < -0.39 is 17.6 Å². The van der Waals surface area contributed by atoms with Crippen LogP contribution in [-0.4, -0.2) is 22.0 Å². The molecule has 1 N–H and O–H groups in total. The first-order valence-corrected chi connectivity index (χ1v) is 10.9. The molecule has 0 saturated heterocycles. The van der Waals surface area contributed by atoms with E-state index in [-0.39, 0.29) is 22.1 Å². The van der Waals surface area contributed by atoms with E-state index in [1.807, 2.05) is 0 Å². The fraction of sp³-hybridized carbons (Fsp3) is 0.304. The Balaban J connectivity index is 2.17. The van der Waals surface area contributed by atoms with Gasteiger partial charge in [-0.15, -0.1) is 0 Å². The van der Waals surface area contributed by atoms with Crippen LogP contribution in [0.3, 0.4) is 0 Å². The molecule has 1 heterocycles. The number of rotatable bonds is 7. The van der Waals surface area contributed by atoms with E-state index in [1.54, 1.807) is 31.2 Å². The molecule has 3 aromatic rings. The van der Waals surface area contributed by atoms with Crippen LogP contribution in [0.1, 0.15) is 47.9 Å². The van der Waals surface area contributed by atoms with Gasteiger partial charge in [0, 0.05) is 27.8 Å². The minimum atomic E-state index is -4.66. The first kappa shape index (κ1) is 24.1. The highest BCUT2D eigenvalue weighted by Gasteiger charge is 2.36. The van der Waals surface area contributed by atoms with Crippen molar-refractivity contribution in [1.29, 1.82) is 0 Å². The lowest BCUT2D eigenvalue weighted by Crippen LogP contribution is -2.25. The second kappa shape index (κ2) is 9.96. The van der Waals surface area contributed by atoms with Gasteiger partial charge in [0.25, 0.3) is 5.91 Å². The molecule has 0 unspecified atom stereocenters. The van der Waals surface area contributed by atoms with Crippen molar-refractivity contribution in [3.8, 4) is 17.1 Å². The normalized spacial score (nSPS) is 11.6. The van der Waals surface area contributed by atoms with Gasteiger partial charge in [-0.1, -0.05) is 43.0 Å². The Morgan fingerprint density at radius 2 is 1.72 bits per heavy atom. The minimum Gasteiger partial charge on any atom is -0.351 e. The van der Waals surface area contributed by atoms with Gasteiger partial charge in [0.15, 0.2) is 0 Å². The number of amides is 1. The van der Waals surface area contributed by atoms with Crippen molar-refractivity contribution in [3.05, 3.63) is 69.5 Å². The van der Waals surface area contributed by atoms with E-state index in [0.29, 0.717) is 22.9 Å². The quantitative estimate of drug-likeness (QED) is 0.364. The number of alkyl halides is 3. The van der Waals surface area contributed by atoms with Crippen LogP contribution < -0.4 is 5.32 Å². The fourth-order valence-electron chi connectivity index (χ4n) is 3.41. The number of unbranched alkanes of at least 4 members (excludes halogenated alkanes) is 2. The Morgan fingerprint density at radius 3 is 2.34 bits per heavy atom. The third-order valence-corrected chi connectivity index (χ3v) is 5.49. The molecule has 0 radical (unpaired) electrons. The summed E-state index contributed by atoms with van der Waals surface area (Å²) in [5.41, 5.74) is -0.0967. The maximum absolute atomic E-state index is 13.8. The van der Waals surface area contributed by atoms with Crippen molar-refractivity contribution in [2.75, 3.05) is 6.54 Å². The lowest BCUT2D eigenvalue weighted by molar-refractivity contribution is -0.137. The number of carbonyl (C=O) groups is 1. The molecule has 1 amide bonds. The van der Waals surface area contributed by atoms with Crippen molar-refractivity contribution in [3.63, 3.8) is 0 Å². The highest BCUT2D eigenvalue weighted by Crippen LogP contribution is 2.39. The van der Waals surface area contributed by atoms with E-state index in [0.717, 1.165) is 25.3 Å². The van der Waals surface area contributed by atoms with Crippen molar-refractivity contribution in [1.82, 2.24) is 14.9 Å². The summed E-state index contributed by atoms with van der Waals surface area (Å²) in [4.78, 5) is 17.2. The maximum atomic E-state index is 13.8. The van der Waals surface area contributed by atoms with Gasteiger partial charge in [-0.05, 0) is 55.8 Å². The lowest BCUT2D eigenvalue weighted by Gasteiger charge is -2.15. The predicted molar refractivity (Wildman–Crippen MR) is 121 cm³/mol. The number of halogens is 5. The van der Waals surface area contributed by atoms with Gasteiger partial charge in [0.2, 0.25) is 0 Å². The Kier molecular flexibility index (Phi) is 7.51. The van der Waals surface area contributed by atoms with E-state index in [1.165, 1.54) is 16.7 Å². The van der Waals surface area contributed by atoms with Crippen LogP contribution in [0, 0.1) is 6.92 Å². The summed E-state index contributed by atoms with van der Waals surface area (Å²) in [6.45, 7) is 4.16. The number of benzene rings is 2. The summed E-state index contributed by atoms with van der Waals surface area (Å²) in [7, 11) is 0. The van der Waals surface area contributed by atoms with Crippen LogP contribution in [0.4, 0.5) is 13.2 Å². The Hall–Kier alpha value is -2.51. The van der Waals surface area contributed by atoms with E-state index >= 15 is 0 Å². The average Bonchev–Trinajstić information content (AvgIpc) is 3.08. The third-order valence-electron chi connectivity index (χ3n) is 5.00.